The Morgan fingerprint density at radius 1 is 1.17 bits per heavy atom. The standard InChI is InChI=1S/C14H19BrO3/c15-13-6-4-12(5-7-13)11-16-9-10-18-14-3-1-2-8-17-14/h4-7,14H,1-3,8-11H2. The van der Waals surface area contributed by atoms with Crippen molar-refractivity contribution in [3.8, 4) is 0 Å². The molecule has 0 bridgehead atoms. The van der Waals surface area contributed by atoms with Gasteiger partial charge in [-0.25, -0.2) is 0 Å². The molecule has 1 heterocycles. The third-order valence-corrected chi connectivity index (χ3v) is 3.38. The third kappa shape index (κ3) is 5.06. The molecule has 0 amide bonds. The Morgan fingerprint density at radius 2 is 2.00 bits per heavy atom. The molecule has 1 aliphatic heterocycles. The van der Waals surface area contributed by atoms with Crippen LogP contribution in [-0.4, -0.2) is 26.1 Å². The first-order valence-corrected chi connectivity index (χ1v) is 7.19. The molecule has 3 nitrogen and oxygen atoms in total. The predicted molar refractivity (Wildman–Crippen MR) is 73.3 cm³/mol. The highest BCUT2D eigenvalue weighted by Gasteiger charge is 2.13. The fourth-order valence-corrected chi connectivity index (χ4v) is 2.12. The van der Waals surface area contributed by atoms with E-state index in [-0.39, 0.29) is 6.29 Å². The lowest BCUT2D eigenvalue weighted by Gasteiger charge is -2.22. The van der Waals surface area contributed by atoms with Crippen LogP contribution in [0, 0.1) is 0 Å². The van der Waals surface area contributed by atoms with Gasteiger partial charge in [0.25, 0.3) is 0 Å². The molecule has 1 aromatic carbocycles. The summed E-state index contributed by atoms with van der Waals surface area (Å²) in [5.41, 5.74) is 1.17. The Labute approximate surface area is 117 Å². The SMILES string of the molecule is Brc1ccc(COCCOC2CCCCO2)cc1. The van der Waals surface area contributed by atoms with Gasteiger partial charge in [-0.1, -0.05) is 28.1 Å². The van der Waals surface area contributed by atoms with Gasteiger partial charge >= 0.3 is 0 Å². The summed E-state index contributed by atoms with van der Waals surface area (Å²) in [6.07, 6.45) is 3.34. The molecule has 0 saturated carbocycles. The maximum atomic E-state index is 5.59. The maximum absolute atomic E-state index is 5.59. The molecule has 4 heteroatoms. The first-order chi connectivity index (χ1) is 8.84. The number of hydrogen-bond donors (Lipinski definition) is 0. The Balaban J connectivity index is 1.54. The van der Waals surface area contributed by atoms with E-state index in [0.717, 1.165) is 23.9 Å². The summed E-state index contributed by atoms with van der Waals surface area (Å²) in [5, 5.41) is 0. The second-order valence-corrected chi connectivity index (χ2v) is 5.26. The van der Waals surface area contributed by atoms with E-state index in [9.17, 15) is 0 Å². The molecule has 1 unspecified atom stereocenters. The van der Waals surface area contributed by atoms with E-state index in [4.69, 9.17) is 14.2 Å². The predicted octanol–water partition coefficient (Wildman–Crippen LogP) is 3.51. The lowest BCUT2D eigenvalue weighted by atomic mass is 10.2. The van der Waals surface area contributed by atoms with Crippen molar-refractivity contribution < 1.29 is 14.2 Å². The normalized spacial score (nSPS) is 19.9. The highest BCUT2D eigenvalue weighted by Crippen LogP contribution is 2.13. The van der Waals surface area contributed by atoms with E-state index < -0.39 is 0 Å². The average molecular weight is 315 g/mol. The van der Waals surface area contributed by atoms with E-state index in [1.54, 1.807) is 0 Å². The number of hydrogen-bond acceptors (Lipinski definition) is 3. The Kier molecular flexibility index (Phi) is 6.14. The number of ether oxygens (including phenoxy) is 3. The molecule has 100 valence electrons. The summed E-state index contributed by atoms with van der Waals surface area (Å²) >= 11 is 3.41. The minimum atomic E-state index is -0.0185. The van der Waals surface area contributed by atoms with Crippen molar-refractivity contribution in [3.05, 3.63) is 34.3 Å². The minimum absolute atomic E-state index is 0.0185. The van der Waals surface area contributed by atoms with Crippen LogP contribution in [-0.2, 0) is 20.8 Å². The third-order valence-electron chi connectivity index (χ3n) is 2.85. The van der Waals surface area contributed by atoms with Gasteiger partial charge in [-0.3, -0.25) is 0 Å². The van der Waals surface area contributed by atoms with Crippen LogP contribution in [0.25, 0.3) is 0 Å². The monoisotopic (exact) mass is 314 g/mol. The Morgan fingerprint density at radius 3 is 2.72 bits per heavy atom. The fraction of sp³-hybridized carbons (Fsp3) is 0.571. The summed E-state index contributed by atoms with van der Waals surface area (Å²) in [6.45, 7) is 2.66. The minimum Gasteiger partial charge on any atom is -0.374 e. The quantitative estimate of drug-likeness (QED) is 0.752. The summed E-state index contributed by atoms with van der Waals surface area (Å²) in [5.74, 6) is 0. The van der Waals surface area contributed by atoms with E-state index >= 15 is 0 Å². The van der Waals surface area contributed by atoms with Crippen molar-refractivity contribution in [2.45, 2.75) is 32.2 Å². The average Bonchev–Trinajstić information content (AvgIpc) is 2.42. The van der Waals surface area contributed by atoms with Gasteiger partial charge < -0.3 is 14.2 Å². The smallest absolute Gasteiger partial charge is 0.157 e. The summed E-state index contributed by atoms with van der Waals surface area (Å²) in [6, 6.07) is 8.14. The number of benzene rings is 1. The highest BCUT2D eigenvalue weighted by molar-refractivity contribution is 9.10. The zero-order valence-corrected chi connectivity index (χ0v) is 12.0. The number of halogens is 1. The zero-order valence-electron chi connectivity index (χ0n) is 10.4. The molecule has 1 saturated heterocycles. The molecular formula is C14H19BrO3. The van der Waals surface area contributed by atoms with Crippen molar-refractivity contribution in [3.63, 3.8) is 0 Å². The van der Waals surface area contributed by atoms with Gasteiger partial charge in [0.1, 0.15) is 0 Å². The van der Waals surface area contributed by atoms with E-state index in [2.05, 4.69) is 28.1 Å². The van der Waals surface area contributed by atoms with Crippen LogP contribution in [0.4, 0.5) is 0 Å². The number of rotatable bonds is 6. The lowest BCUT2D eigenvalue weighted by molar-refractivity contribution is -0.169. The van der Waals surface area contributed by atoms with E-state index in [0.29, 0.717) is 19.8 Å². The van der Waals surface area contributed by atoms with Crippen LogP contribution in [0.1, 0.15) is 24.8 Å². The van der Waals surface area contributed by atoms with Crippen LogP contribution in [0.2, 0.25) is 0 Å². The molecule has 1 atom stereocenters. The fourth-order valence-electron chi connectivity index (χ4n) is 1.85. The Hall–Kier alpha value is -0.420. The lowest BCUT2D eigenvalue weighted by Crippen LogP contribution is -2.23. The molecule has 1 aliphatic rings. The largest absolute Gasteiger partial charge is 0.374 e. The van der Waals surface area contributed by atoms with Crippen LogP contribution >= 0.6 is 15.9 Å². The molecular weight excluding hydrogens is 296 g/mol. The van der Waals surface area contributed by atoms with E-state index in [1.807, 2.05) is 12.1 Å². The second-order valence-electron chi connectivity index (χ2n) is 4.35. The molecule has 0 aliphatic carbocycles. The summed E-state index contributed by atoms with van der Waals surface area (Å²) in [4.78, 5) is 0. The van der Waals surface area contributed by atoms with Gasteiger partial charge in [-0.2, -0.15) is 0 Å². The van der Waals surface area contributed by atoms with Crippen molar-refractivity contribution in [2.75, 3.05) is 19.8 Å². The van der Waals surface area contributed by atoms with Crippen LogP contribution in [0.3, 0.4) is 0 Å². The molecule has 0 radical (unpaired) electrons. The van der Waals surface area contributed by atoms with Gasteiger partial charge in [0.05, 0.1) is 19.8 Å². The first-order valence-electron chi connectivity index (χ1n) is 6.40. The van der Waals surface area contributed by atoms with Crippen LogP contribution in [0.15, 0.2) is 28.7 Å². The molecule has 0 aromatic heterocycles. The first kappa shape index (κ1) is 14.0. The van der Waals surface area contributed by atoms with Gasteiger partial charge in [0.15, 0.2) is 6.29 Å². The van der Waals surface area contributed by atoms with Crippen LogP contribution < -0.4 is 0 Å². The summed E-state index contributed by atoms with van der Waals surface area (Å²) < 4.78 is 17.7. The molecule has 0 N–H and O–H groups in total. The molecule has 18 heavy (non-hydrogen) atoms. The van der Waals surface area contributed by atoms with E-state index in [1.165, 1.54) is 12.0 Å². The molecule has 2 rings (SSSR count). The highest BCUT2D eigenvalue weighted by atomic mass is 79.9. The van der Waals surface area contributed by atoms with Crippen LogP contribution in [0.5, 0.6) is 0 Å². The van der Waals surface area contributed by atoms with Crippen molar-refractivity contribution in [1.82, 2.24) is 0 Å². The molecule has 1 fully saturated rings. The molecule has 0 spiro atoms. The molecule has 1 aromatic rings. The zero-order chi connectivity index (χ0) is 12.6. The second kappa shape index (κ2) is 7.89. The topological polar surface area (TPSA) is 27.7 Å². The van der Waals surface area contributed by atoms with Gasteiger partial charge in [-0.15, -0.1) is 0 Å². The van der Waals surface area contributed by atoms with Gasteiger partial charge in [0, 0.05) is 11.1 Å². The maximum Gasteiger partial charge on any atom is 0.157 e. The van der Waals surface area contributed by atoms with Gasteiger partial charge in [0.2, 0.25) is 0 Å². The Bertz CT molecular complexity index is 333. The van der Waals surface area contributed by atoms with Crippen molar-refractivity contribution in [1.29, 1.82) is 0 Å². The van der Waals surface area contributed by atoms with Crippen molar-refractivity contribution >= 4 is 15.9 Å². The summed E-state index contributed by atoms with van der Waals surface area (Å²) in [7, 11) is 0. The van der Waals surface area contributed by atoms with Gasteiger partial charge in [-0.05, 0) is 37.0 Å². The van der Waals surface area contributed by atoms with Crippen molar-refractivity contribution in [2.24, 2.45) is 0 Å².